The summed E-state index contributed by atoms with van der Waals surface area (Å²) >= 11 is 1.63. The van der Waals surface area contributed by atoms with Crippen LogP contribution in [0.3, 0.4) is 0 Å². The van der Waals surface area contributed by atoms with E-state index < -0.39 is 0 Å². The number of nitriles is 1. The van der Waals surface area contributed by atoms with E-state index in [2.05, 4.69) is 71.0 Å². The average Bonchev–Trinajstić information content (AvgIpc) is 3.10. The molecule has 0 aliphatic heterocycles. The van der Waals surface area contributed by atoms with Gasteiger partial charge in [-0.1, -0.05) is 67.2 Å². The van der Waals surface area contributed by atoms with Gasteiger partial charge in [-0.15, -0.1) is 10.2 Å². The minimum atomic E-state index is 0.206. The van der Waals surface area contributed by atoms with Crippen molar-refractivity contribution < 1.29 is 0 Å². The topological polar surface area (TPSA) is 57.7 Å². The Morgan fingerprint density at radius 1 is 1.07 bits per heavy atom. The van der Waals surface area contributed by atoms with Gasteiger partial charge in [0.05, 0.1) is 24.2 Å². The first-order valence-corrected chi connectivity index (χ1v) is 10.4. The molecule has 0 N–H and O–H groups in total. The highest BCUT2D eigenvalue weighted by Crippen LogP contribution is 2.28. The summed E-state index contributed by atoms with van der Waals surface area (Å²) in [4.78, 5) is 2.19. The van der Waals surface area contributed by atoms with E-state index in [9.17, 15) is 5.26 Å². The van der Waals surface area contributed by atoms with Crippen LogP contribution in [-0.4, -0.2) is 33.8 Å². The predicted octanol–water partition coefficient (Wildman–Crippen LogP) is 4.50. The van der Waals surface area contributed by atoms with Crippen molar-refractivity contribution in [3.63, 3.8) is 0 Å². The summed E-state index contributed by atoms with van der Waals surface area (Å²) in [6.07, 6.45) is 0.960. The molecule has 0 unspecified atom stereocenters. The van der Waals surface area contributed by atoms with Crippen molar-refractivity contribution in [2.45, 2.75) is 36.8 Å². The Hall–Kier alpha value is -2.62. The van der Waals surface area contributed by atoms with Crippen molar-refractivity contribution in [1.29, 1.82) is 5.26 Å². The van der Waals surface area contributed by atoms with Crippen LogP contribution < -0.4 is 0 Å². The molecule has 3 aromatic rings. The quantitative estimate of drug-likeness (QED) is 0.529. The Labute approximate surface area is 171 Å². The second kappa shape index (κ2) is 9.54. The summed E-state index contributed by atoms with van der Waals surface area (Å²) in [5.41, 5.74) is 2.95. The second-order valence-corrected chi connectivity index (χ2v) is 7.80. The fraction of sp³-hybridized carbons (Fsp3) is 0.318. The van der Waals surface area contributed by atoms with Crippen molar-refractivity contribution in [2.24, 2.45) is 0 Å². The lowest BCUT2D eigenvalue weighted by molar-refractivity contribution is 0.272. The molecule has 5 nitrogen and oxygen atoms in total. The standard InChI is InChI=1S/C22H25N5S/c1-4-20(26(2)3)21-24-25-22(27(21)15-17-10-6-5-7-11-17)28-16-19-13-9-8-12-18(19)14-23/h5-13,20H,4,15-16H2,1-3H3/t20-/m1/s1. The molecule has 0 fully saturated rings. The molecule has 0 saturated carbocycles. The first-order chi connectivity index (χ1) is 13.6. The van der Waals surface area contributed by atoms with Gasteiger partial charge in [0.25, 0.3) is 0 Å². The normalized spacial score (nSPS) is 12.1. The Morgan fingerprint density at radius 2 is 1.79 bits per heavy atom. The largest absolute Gasteiger partial charge is 0.300 e. The molecular formula is C22H25N5S. The van der Waals surface area contributed by atoms with Gasteiger partial charge in [-0.05, 0) is 37.7 Å². The van der Waals surface area contributed by atoms with Crippen LogP contribution in [-0.2, 0) is 12.3 Å². The molecule has 2 aromatic carbocycles. The number of thioether (sulfide) groups is 1. The van der Waals surface area contributed by atoms with Gasteiger partial charge >= 0.3 is 0 Å². The highest BCUT2D eigenvalue weighted by atomic mass is 32.2. The summed E-state index contributed by atoms with van der Waals surface area (Å²) in [7, 11) is 4.15. The summed E-state index contributed by atoms with van der Waals surface area (Å²) in [6.45, 7) is 2.90. The molecular weight excluding hydrogens is 366 g/mol. The van der Waals surface area contributed by atoms with Crippen molar-refractivity contribution in [3.05, 3.63) is 77.1 Å². The zero-order valence-electron chi connectivity index (χ0n) is 16.5. The van der Waals surface area contributed by atoms with Gasteiger partial charge in [0, 0.05) is 5.75 Å². The molecule has 0 amide bonds. The maximum Gasteiger partial charge on any atom is 0.191 e. The number of hydrogen-bond acceptors (Lipinski definition) is 5. The van der Waals surface area contributed by atoms with Crippen molar-refractivity contribution in [1.82, 2.24) is 19.7 Å². The zero-order chi connectivity index (χ0) is 19.9. The molecule has 0 aliphatic carbocycles. The molecule has 6 heteroatoms. The van der Waals surface area contributed by atoms with Crippen molar-refractivity contribution in [2.75, 3.05) is 14.1 Å². The summed E-state index contributed by atoms with van der Waals surface area (Å²) in [5, 5.41) is 19.3. The van der Waals surface area contributed by atoms with E-state index in [0.717, 1.165) is 29.5 Å². The lowest BCUT2D eigenvalue weighted by atomic mass is 10.1. The van der Waals surface area contributed by atoms with Crippen LogP contribution in [0, 0.1) is 11.3 Å². The summed E-state index contributed by atoms with van der Waals surface area (Å²) in [5.74, 6) is 1.67. The third kappa shape index (κ3) is 4.61. The summed E-state index contributed by atoms with van der Waals surface area (Å²) < 4.78 is 2.21. The maximum atomic E-state index is 9.34. The van der Waals surface area contributed by atoms with Gasteiger partial charge in [-0.3, -0.25) is 4.90 Å². The van der Waals surface area contributed by atoms with Gasteiger partial charge in [-0.2, -0.15) is 5.26 Å². The monoisotopic (exact) mass is 391 g/mol. The number of hydrogen-bond donors (Lipinski definition) is 0. The molecule has 0 aliphatic rings. The van der Waals surface area contributed by atoms with E-state index in [-0.39, 0.29) is 6.04 Å². The third-order valence-corrected chi connectivity index (χ3v) is 5.75. The van der Waals surface area contributed by atoms with E-state index in [1.165, 1.54) is 5.56 Å². The number of nitrogens with zero attached hydrogens (tertiary/aromatic N) is 5. The Bertz CT molecular complexity index is 943. The van der Waals surface area contributed by atoms with Gasteiger partial charge in [0.1, 0.15) is 0 Å². The Kier molecular flexibility index (Phi) is 6.85. The molecule has 1 aromatic heterocycles. The van der Waals surface area contributed by atoms with E-state index in [0.29, 0.717) is 11.3 Å². The second-order valence-electron chi connectivity index (χ2n) is 6.86. The van der Waals surface area contributed by atoms with E-state index in [1.807, 2.05) is 30.3 Å². The first kappa shape index (κ1) is 20.1. The van der Waals surface area contributed by atoms with Crippen molar-refractivity contribution in [3.8, 4) is 6.07 Å². The Morgan fingerprint density at radius 3 is 2.46 bits per heavy atom. The van der Waals surface area contributed by atoms with Crippen LogP contribution in [0.2, 0.25) is 0 Å². The minimum Gasteiger partial charge on any atom is -0.300 e. The van der Waals surface area contributed by atoms with E-state index >= 15 is 0 Å². The molecule has 3 rings (SSSR count). The van der Waals surface area contributed by atoms with Crippen LogP contribution >= 0.6 is 11.8 Å². The van der Waals surface area contributed by atoms with Crippen LogP contribution in [0.4, 0.5) is 0 Å². The molecule has 0 spiro atoms. The van der Waals surface area contributed by atoms with Crippen LogP contribution in [0.1, 0.15) is 41.9 Å². The van der Waals surface area contributed by atoms with Gasteiger partial charge < -0.3 is 4.57 Å². The highest BCUT2D eigenvalue weighted by molar-refractivity contribution is 7.98. The highest BCUT2D eigenvalue weighted by Gasteiger charge is 2.22. The first-order valence-electron chi connectivity index (χ1n) is 9.38. The predicted molar refractivity (Wildman–Crippen MR) is 113 cm³/mol. The molecule has 0 saturated heterocycles. The fourth-order valence-corrected chi connectivity index (χ4v) is 4.19. The number of benzene rings is 2. The fourth-order valence-electron chi connectivity index (χ4n) is 3.24. The zero-order valence-corrected chi connectivity index (χ0v) is 17.4. The molecule has 1 atom stereocenters. The molecule has 28 heavy (non-hydrogen) atoms. The van der Waals surface area contributed by atoms with Crippen LogP contribution in [0.5, 0.6) is 0 Å². The Balaban J connectivity index is 1.91. The molecule has 1 heterocycles. The van der Waals surface area contributed by atoms with Crippen molar-refractivity contribution >= 4 is 11.8 Å². The number of aromatic nitrogens is 3. The minimum absolute atomic E-state index is 0.206. The lowest BCUT2D eigenvalue weighted by Gasteiger charge is -2.23. The maximum absolute atomic E-state index is 9.34. The van der Waals surface area contributed by atoms with Crippen LogP contribution in [0.25, 0.3) is 0 Å². The number of rotatable bonds is 8. The van der Waals surface area contributed by atoms with Crippen LogP contribution in [0.15, 0.2) is 59.8 Å². The lowest BCUT2D eigenvalue weighted by Crippen LogP contribution is -2.23. The van der Waals surface area contributed by atoms with Gasteiger partial charge in [-0.25, -0.2) is 0 Å². The summed E-state index contributed by atoms with van der Waals surface area (Å²) in [6, 6.07) is 20.6. The van der Waals surface area contributed by atoms with Gasteiger partial charge in [0.15, 0.2) is 11.0 Å². The average molecular weight is 392 g/mol. The molecule has 144 valence electrons. The smallest absolute Gasteiger partial charge is 0.191 e. The van der Waals surface area contributed by atoms with Gasteiger partial charge in [0.2, 0.25) is 0 Å². The third-order valence-electron chi connectivity index (χ3n) is 4.73. The SMILES string of the molecule is CC[C@H](c1nnc(SCc2ccccc2C#N)n1Cc1ccccc1)N(C)C. The molecule has 0 bridgehead atoms. The molecule has 0 radical (unpaired) electrons. The van der Waals surface area contributed by atoms with E-state index in [1.54, 1.807) is 11.8 Å². The van der Waals surface area contributed by atoms with E-state index in [4.69, 9.17) is 0 Å².